The van der Waals surface area contributed by atoms with Gasteiger partial charge in [0.2, 0.25) is 0 Å². The second kappa shape index (κ2) is 4.44. The molecule has 3 saturated carbocycles. The van der Waals surface area contributed by atoms with Gasteiger partial charge in [0.1, 0.15) is 5.78 Å². The molecule has 0 aromatic rings. The molecule has 1 N–H and O–H groups in total. The van der Waals surface area contributed by atoms with Crippen molar-refractivity contribution in [1.82, 2.24) is 0 Å². The predicted molar refractivity (Wildman–Crippen MR) is 82.6 cm³/mol. The summed E-state index contributed by atoms with van der Waals surface area (Å²) < 4.78 is 0. The standard InChI is InChI=1S/C19H28O2/c1-18-9-4-3-5-12(18)11-15(20)17-13-6-7-16(21)19(13,2)10-8-14(17)18/h4,9,12-15,17,20H,3,5-8,10-11H2,1-2H3/t12?,13-,14+,15?,17-,18-,19-/m0/s1. The van der Waals surface area contributed by atoms with E-state index in [0.717, 1.165) is 32.1 Å². The maximum absolute atomic E-state index is 12.4. The van der Waals surface area contributed by atoms with E-state index in [1.54, 1.807) is 0 Å². The highest BCUT2D eigenvalue weighted by Crippen LogP contribution is 2.64. The van der Waals surface area contributed by atoms with Gasteiger partial charge in [0.15, 0.2) is 0 Å². The first kappa shape index (κ1) is 14.0. The Morgan fingerprint density at radius 3 is 2.81 bits per heavy atom. The number of carbonyl (C=O) groups is 1. The van der Waals surface area contributed by atoms with Crippen LogP contribution >= 0.6 is 0 Å². The predicted octanol–water partition coefficient (Wildman–Crippen LogP) is 3.74. The van der Waals surface area contributed by atoms with Gasteiger partial charge < -0.3 is 5.11 Å². The third-order valence-corrected chi connectivity index (χ3v) is 7.85. The molecule has 0 saturated heterocycles. The number of carbonyl (C=O) groups excluding carboxylic acids is 1. The lowest BCUT2D eigenvalue weighted by molar-refractivity contribution is -0.148. The first-order valence-corrected chi connectivity index (χ1v) is 8.86. The minimum Gasteiger partial charge on any atom is -0.393 e. The van der Waals surface area contributed by atoms with Gasteiger partial charge in [0.05, 0.1) is 6.10 Å². The molecule has 21 heavy (non-hydrogen) atoms. The molecule has 116 valence electrons. The molecule has 4 aliphatic rings. The summed E-state index contributed by atoms with van der Waals surface area (Å²) in [5.41, 5.74) is 0.124. The van der Waals surface area contributed by atoms with E-state index < -0.39 is 0 Å². The maximum Gasteiger partial charge on any atom is 0.139 e. The molecule has 0 radical (unpaired) electrons. The fourth-order valence-corrected chi connectivity index (χ4v) is 6.56. The number of allylic oxidation sites excluding steroid dienone is 2. The van der Waals surface area contributed by atoms with Gasteiger partial charge in [-0.3, -0.25) is 4.79 Å². The van der Waals surface area contributed by atoms with Crippen LogP contribution in [0.5, 0.6) is 0 Å². The lowest BCUT2D eigenvalue weighted by Gasteiger charge is -2.59. The van der Waals surface area contributed by atoms with Crippen molar-refractivity contribution in [1.29, 1.82) is 0 Å². The van der Waals surface area contributed by atoms with Gasteiger partial charge in [-0.25, -0.2) is 0 Å². The SMILES string of the molecule is C[C@]12C=CCCC1CC(O)[C@@H]1[C@H]2CC[C@]2(C)C(=O)CC[C@@H]12. The van der Waals surface area contributed by atoms with Gasteiger partial charge in [-0.15, -0.1) is 0 Å². The van der Waals surface area contributed by atoms with E-state index in [0.29, 0.717) is 29.5 Å². The van der Waals surface area contributed by atoms with Crippen LogP contribution in [0.2, 0.25) is 0 Å². The Labute approximate surface area is 128 Å². The Bertz CT molecular complexity index is 496. The molecule has 0 bridgehead atoms. The van der Waals surface area contributed by atoms with Crippen LogP contribution in [0.25, 0.3) is 0 Å². The van der Waals surface area contributed by atoms with E-state index >= 15 is 0 Å². The number of hydrogen-bond donors (Lipinski definition) is 1. The van der Waals surface area contributed by atoms with Gasteiger partial charge in [-0.2, -0.15) is 0 Å². The van der Waals surface area contributed by atoms with E-state index in [1.807, 2.05) is 0 Å². The summed E-state index contributed by atoms with van der Waals surface area (Å²) in [6.45, 7) is 4.61. The van der Waals surface area contributed by atoms with Crippen molar-refractivity contribution in [2.24, 2.45) is 34.5 Å². The maximum atomic E-state index is 12.4. The summed E-state index contributed by atoms with van der Waals surface area (Å²) in [5, 5.41) is 10.9. The third kappa shape index (κ3) is 1.72. The second-order valence-electron chi connectivity index (χ2n) is 8.55. The van der Waals surface area contributed by atoms with Crippen LogP contribution in [0.4, 0.5) is 0 Å². The summed E-state index contributed by atoms with van der Waals surface area (Å²) in [7, 11) is 0. The molecule has 4 rings (SSSR count). The first-order valence-electron chi connectivity index (χ1n) is 8.86. The highest BCUT2D eigenvalue weighted by atomic mass is 16.3. The zero-order valence-electron chi connectivity index (χ0n) is 13.3. The summed E-state index contributed by atoms with van der Waals surface area (Å²) in [4.78, 5) is 12.4. The average molecular weight is 288 g/mol. The highest BCUT2D eigenvalue weighted by molar-refractivity contribution is 5.87. The van der Waals surface area contributed by atoms with Crippen LogP contribution in [-0.4, -0.2) is 17.0 Å². The molecule has 0 aromatic carbocycles. The number of aliphatic hydroxyl groups excluding tert-OH is 1. The summed E-state index contributed by atoms with van der Waals surface area (Å²) in [6, 6.07) is 0. The van der Waals surface area contributed by atoms with Gasteiger partial charge in [-0.1, -0.05) is 26.0 Å². The lowest BCUT2D eigenvalue weighted by atomic mass is 9.46. The van der Waals surface area contributed by atoms with E-state index in [-0.39, 0.29) is 16.9 Å². The molecular formula is C19H28O2. The number of ketones is 1. The van der Waals surface area contributed by atoms with E-state index in [9.17, 15) is 9.90 Å². The lowest BCUT2D eigenvalue weighted by Crippen LogP contribution is -2.56. The quantitative estimate of drug-likeness (QED) is 0.690. The fraction of sp³-hybridized carbons (Fsp3) is 0.842. The summed E-state index contributed by atoms with van der Waals surface area (Å²) >= 11 is 0. The smallest absolute Gasteiger partial charge is 0.139 e. The van der Waals surface area contributed by atoms with Crippen LogP contribution < -0.4 is 0 Å². The molecule has 0 amide bonds. The van der Waals surface area contributed by atoms with Crippen molar-refractivity contribution in [2.45, 2.75) is 64.9 Å². The van der Waals surface area contributed by atoms with E-state index in [2.05, 4.69) is 26.0 Å². The van der Waals surface area contributed by atoms with Gasteiger partial charge in [-0.05, 0) is 67.6 Å². The first-order chi connectivity index (χ1) is 9.97. The minimum absolute atomic E-state index is 0.135. The van der Waals surface area contributed by atoms with Gasteiger partial charge in [0, 0.05) is 11.8 Å². The molecule has 3 fully saturated rings. The van der Waals surface area contributed by atoms with Crippen molar-refractivity contribution in [3.63, 3.8) is 0 Å². The molecule has 0 aliphatic heterocycles. The zero-order valence-corrected chi connectivity index (χ0v) is 13.3. The number of aliphatic hydroxyl groups is 1. The van der Waals surface area contributed by atoms with Crippen LogP contribution in [0.1, 0.15) is 58.8 Å². The molecule has 0 spiro atoms. The Morgan fingerprint density at radius 1 is 1.19 bits per heavy atom. The Balaban J connectivity index is 1.74. The minimum atomic E-state index is -0.185. The summed E-state index contributed by atoms with van der Waals surface area (Å²) in [5.74, 6) is 2.45. The molecule has 0 aromatic heterocycles. The average Bonchev–Trinajstić information content (AvgIpc) is 2.76. The van der Waals surface area contributed by atoms with Crippen molar-refractivity contribution in [3.8, 4) is 0 Å². The second-order valence-corrected chi connectivity index (χ2v) is 8.55. The number of rotatable bonds is 0. The topological polar surface area (TPSA) is 37.3 Å². The van der Waals surface area contributed by atoms with Crippen LogP contribution in [-0.2, 0) is 4.79 Å². The molecule has 2 nitrogen and oxygen atoms in total. The number of hydrogen-bond acceptors (Lipinski definition) is 2. The van der Waals surface area contributed by atoms with Crippen molar-refractivity contribution in [3.05, 3.63) is 12.2 Å². The fourth-order valence-electron chi connectivity index (χ4n) is 6.56. The molecular weight excluding hydrogens is 260 g/mol. The van der Waals surface area contributed by atoms with Crippen molar-refractivity contribution >= 4 is 5.78 Å². The van der Waals surface area contributed by atoms with E-state index in [4.69, 9.17) is 0 Å². The van der Waals surface area contributed by atoms with Crippen LogP contribution in [0.15, 0.2) is 12.2 Å². The largest absolute Gasteiger partial charge is 0.393 e. The number of fused-ring (bicyclic) bond motifs is 5. The Morgan fingerprint density at radius 2 is 2.00 bits per heavy atom. The summed E-state index contributed by atoms with van der Waals surface area (Å²) in [6.07, 6.45) is 11.9. The van der Waals surface area contributed by atoms with Crippen molar-refractivity contribution in [2.75, 3.05) is 0 Å². The van der Waals surface area contributed by atoms with Gasteiger partial charge in [0.25, 0.3) is 0 Å². The molecule has 2 heteroatoms. The highest BCUT2D eigenvalue weighted by Gasteiger charge is 2.61. The molecule has 0 heterocycles. The zero-order chi connectivity index (χ0) is 14.8. The molecule has 7 atom stereocenters. The Hall–Kier alpha value is -0.630. The molecule has 4 aliphatic carbocycles. The van der Waals surface area contributed by atoms with Gasteiger partial charge >= 0.3 is 0 Å². The van der Waals surface area contributed by atoms with E-state index in [1.165, 1.54) is 12.8 Å². The Kier molecular flexibility index (Phi) is 2.96. The number of Topliss-reactive ketones (excluding diaryl/α,β-unsaturated/α-hetero) is 1. The van der Waals surface area contributed by atoms with Crippen LogP contribution in [0, 0.1) is 34.5 Å². The van der Waals surface area contributed by atoms with Crippen molar-refractivity contribution < 1.29 is 9.90 Å². The van der Waals surface area contributed by atoms with Crippen LogP contribution in [0.3, 0.4) is 0 Å². The third-order valence-electron chi connectivity index (χ3n) is 7.85. The molecule has 2 unspecified atom stereocenters. The monoisotopic (exact) mass is 288 g/mol. The normalized spacial score (nSPS) is 55.8.